The Kier molecular flexibility index (Phi) is 4.69. The van der Waals surface area contributed by atoms with E-state index in [1.807, 2.05) is 4.98 Å². The number of alkyl halides is 3. The van der Waals surface area contributed by atoms with Crippen LogP contribution in [0.3, 0.4) is 0 Å². The number of H-pyrrole nitrogens is 1. The number of hydrogen-bond acceptors (Lipinski definition) is 6. The van der Waals surface area contributed by atoms with Gasteiger partial charge in [-0.15, -0.1) is 11.8 Å². The van der Waals surface area contributed by atoms with E-state index in [-0.39, 0.29) is 10.1 Å². The minimum absolute atomic E-state index is 0.123. The van der Waals surface area contributed by atoms with Crippen LogP contribution < -0.4 is 0 Å². The fourth-order valence-electron chi connectivity index (χ4n) is 1.93. The average molecular weight is 364 g/mol. The molecule has 0 saturated heterocycles. The molecule has 1 N–H and O–H groups in total. The molecule has 0 bridgehead atoms. The van der Waals surface area contributed by atoms with Crippen molar-refractivity contribution in [3.05, 3.63) is 32.1 Å². The summed E-state index contributed by atoms with van der Waals surface area (Å²) in [5, 5.41) is 22.2. The molecule has 24 heavy (non-hydrogen) atoms. The molecule has 8 nitrogen and oxygen atoms in total. The number of nitro groups is 2. The summed E-state index contributed by atoms with van der Waals surface area (Å²) in [6.45, 7) is 3.54. The number of nitrogens with zero attached hydrogens (tertiary/aromatic N) is 3. The lowest BCUT2D eigenvalue weighted by molar-refractivity contribution is -0.394. The van der Waals surface area contributed by atoms with Gasteiger partial charge in [-0.1, -0.05) is 13.8 Å². The number of aromatic nitrogens is 2. The molecule has 0 saturated carbocycles. The Morgan fingerprint density at radius 2 is 1.88 bits per heavy atom. The molecule has 0 amide bonds. The van der Waals surface area contributed by atoms with Crippen LogP contribution in [0.25, 0.3) is 11.0 Å². The second kappa shape index (κ2) is 6.26. The molecule has 1 atom stereocenters. The van der Waals surface area contributed by atoms with Gasteiger partial charge < -0.3 is 4.98 Å². The van der Waals surface area contributed by atoms with Crippen LogP contribution in [0.4, 0.5) is 24.5 Å². The Balaban J connectivity index is 2.87. The first-order chi connectivity index (χ1) is 11.1. The van der Waals surface area contributed by atoms with Crippen molar-refractivity contribution in [2.24, 2.45) is 0 Å². The fourth-order valence-corrected chi connectivity index (χ4v) is 3.01. The van der Waals surface area contributed by atoms with Crippen molar-refractivity contribution < 1.29 is 23.0 Å². The summed E-state index contributed by atoms with van der Waals surface area (Å²) in [6.07, 6.45) is -4.27. The van der Waals surface area contributed by atoms with Gasteiger partial charge in [-0.25, -0.2) is 4.98 Å². The van der Waals surface area contributed by atoms with Crippen molar-refractivity contribution in [1.29, 1.82) is 0 Å². The number of aromatic amines is 1. The van der Waals surface area contributed by atoms with Crippen molar-refractivity contribution >= 4 is 34.2 Å². The number of non-ortho nitro benzene ring substituents is 1. The molecular formula is C12H11F3N4O4S. The number of fused-ring (bicyclic) bond motifs is 1. The second-order valence-electron chi connectivity index (χ2n) is 4.90. The van der Waals surface area contributed by atoms with Crippen LogP contribution in [0.2, 0.25) is 0 Å². The molecule has 1 unspecified atom stereocenters. The van der Waals surface area contributed by atoms with Crippen LogP contribution >= 0.6 is 11.8 Å². The van der Waals surface area contributed by atoms with E-state index in [1.54, 1.807) is 13.8 Å². The molecule has 0 spiro atoms. The number of rotatable bonds is 5. The van der Waals surface area contributed by atoms with Gasteiger partial charge in [0.15, 0.2) is 0 Å². The maximum atomic E-state index is 12.9. The van der Waals surface area contributed by atoms with Crippen LogP contribution in [0.15, 0.2) is 11.0 Å². The molecule has 2 aromatic rings. The van der Waals surface area contributed by atoms with E-state index in [2.05, 4.69) is 4.98 Å². The molecule has 0 fully saturated rings. The molecule has 1 heterocycles. The molecule has 1 aromatic carbocycles. The zero-order valence-electron chi connectivity index (χ0n) is 12.4. The summed E-state index contributed by atoms with van der Waals surface area (Å²) in [6, 6.07) is 0.658. The van der Waals surface area contributed by atoms with E-state index >= 15 is 0 Å². The smallest absolute Gasteiger partial charge is 0.329 e. The highest BCUT2D eigenvalue weighted by Gasteiger charge is 2.38. The Morgan fingerprint density at radius 1 is 1.29 bits per heavy atom. The summed E-state index contributed by atoms with van der Waals surface area (Å²) in [4.78, 5) is 25.6. The highest BCUT2D eigenvalue weighted by Crippen LogP contribution is 2.43. The van der Waals surface area contributed by atoms with Crippen molar-refractivity contribution in [1.82, 2.24) is 9.97 Å². The van der Waals surface area contributed by atoms with E-state index < -0.39 is 44.3 Å². The zero-order chi connectivity index (χ0) is 18.2. The molecule has 2 rings (SSSR count). The maximum absolute atomic E-state index is 12.9. The topological polar surface area (TPSA) is 115 Å². The summed E-state index contributed by atoms with van der Waals surface area (Å²) >= 11 is 0.958. The Bertz CT molecular complexity index is 821. The first-order valence-electron chi connectivity index (χ1n) is 6.65. The van der Waals surface area contributed by atoms with E-state index in [9.17, 15) is 33.4 Å². The number of nitrogens with one attached hydrogen (secondary N) is 1. The van der Waals surface area contributed by atoms with Gasteiger partial charge in [-0.05, 0) is 6.42 Å². The van der Waals surface area contributed by atoms with Crippen LogP contribution in [0, 0.1) is 20.2 Å². The molecule has 12 heteroatoms. The third-order valence-electron chi connectivity index (χ3n) is 3.24. The standard InChI is InChI=1S/C12H11F3N4O4S/c1-3-5(2)24-10-7(19(22)23)4-6(18(20)21)8-9(10)17-11(16-8)12(13,14)15/h4-5H,3H2,1-2H3,(H,16,17). The van der Waals surface area contributed by atoms with Crippen LogP contribution in [0.5, 0.6) is 0 Å². The van der Waals surface area contributed by atoms with Crippen LogP contribution in [0.1, 0.15) is 26.1 Å². The van der Waals surface area contributed by atoms with Gasteiger partial charge >= 0.3 is 11.9 Å². The number of halogens is 3. The molecule has 0 aliphatic heterocycles. The van der Waals surface area contributed by atoms with Crippen molar-refractivity contribution in [2.45, 2.75) is 36.6 Å². The fraction of sp³-hybridized carbons (Fsp3) is 0.417. The first-order valence-corrected chi connectivity index (χ1v) is 7.53. The Labute approximate surface area is 136 Å². The summed E-state index contributed by atoms with van der Waals surface area (Å²) in [5.74, 6) is -1.44. The first kappa shape index (κ1) is 18.0. The number of nitro benzene ring substituents is 2. The van der Waals surface area contributed by atoms with Gasteiger partial charge in [-0.3, -0.25) is 20.2 Å². The quantitative estimate of drug-likeness (QED) is 0.481. The SMILES string of the molecule is CCC(C)Sc1c([N+](=O)[O-])cc([N+](=O)[O-])c2[nH]c(C(F)(F)F)nc12. The van der Waals surface area contributed by atoms with Gasteiger partial charge in [0.1, 0.15) is 15.9 Å². The van der Waals surface area contributed by atoms with Crippen molar-refractivity contribution in [3.8, 4) is 0 Å². The molecule has 1 aromatic heterocycles. The van der Waals surface area contributed by atoms with Gasteiger partial charge in [0.25, 0.3) is 5.69 Å². The highest BCUT2D eigenvalue weighted by molar-refractivity contribution is 8.00. The van der Waals surface area contributed by atoms with Crippen molar-refractivity contribution in [2.75, 3.05) is 0 Å². The largest absolute Gasteiger partial charge is 0.449 e. The minimum Gasteiger partial charge on any atom is -0.329 e. The van der Waals surface area contributed by atoms with Crippen LogP contribution in [-0.2, 0) is 6.18 Å². The predicted octanol–water partition coefficient (Wildman–Crippen LogP) is 4.29. The third kappa shape index (κ3) is 3.27. The van der Waals surface area contributed by atoms with Gasteiger partial charge in [0, 0.05) is 5.25 Å². The zero-order valence-corrected chi connectivity index (χ0v) is 13.2. The lowest BCUT2D eigenvalue weighted by Gasteiger charge is -2.09. The normalized spacial score (nSPS) is 13.2. The van der Waals surface area contributed by atoms with Gasteiger partial charge in [0.2, 0.25) is 5.82 Å². The monoisotopic (exact) mass is 364 g/mol. The number of hydrogen-bond donors (Lipinski definition) is 1. The van der Waals surface area contributed by atoms with Gasteiger partial charge in [0.05, 0.1) is 15.9 Å². The van der Waals surface area contributed by atoms with E-state index in [0.717, 1.165) is 11.8 Å². The number of benzene rings is 1. The Morgan fingerprint density at radius 3 is 2.33 bits per heavy atom. The van der Waals surface area contributed by atoms with E-state index in [0.29, 0.717) is 12.5 Å². The third-order valence-corrected chi connectivity index (χ3v) is 4.61. The average Bonchev–Trinajstić information content (AvgIpc) is 2.91. The summed E-state index contributed by atoms with van der Waals surface area (Å²) in [7, 11) is 0. The second-order valence-corrected chi connectivity index (χ2v) is 6.35. The predicted molar refractivity (Wildman–Crippen MR) is 80.0 cm³/mol. The molecular weight excluding hydrogens is 353 g/mol. The highest BCUT2D eigenvalue weighted by atomic mass is 32.2. The lowest BCUT2D eigenvalue weighted by atomic mass is 10.2. The Hall–Kier alpha value is -2.37. The molecule has 0 aliphatic carbocycles. The molecule has 0 radical (unpaired) electrons. The minimum atomic E-state index is -4.86. The van der Waals surface area contributed by atoms with E-state index in [1.165, 1.54) is 0 Å². The molecule has 0 aliphatic rings. The summed E-state index contributed by atoms with van der Waals surface area (Å²) < 4.78 is 38.6. The van der Waals surface area contributed by atoms with Crippen molar-refractivity contribution in [3.63, 3.8) is 0 Å². The lowest BCUT2D eigenvalue weighted by Crippen LogP contribution is -2.07. The maximum Gasteiger partial charge on any atom is 0.449 e. The number of imidazole rings is 1. The van der Waals surface area contributed by atoms with Crippen LogP contribution in [-0.4, -0.2) is 25.1 Å². The van der Waals surface area contributed by atoms with Gasteiger partial charge in [-0.2, -0.15) is 13.2 Å². The molecule has 130 valence electrons. The number of thioether (sulfide) groups is 1. The summed E-state index contributed by atoms with van der Waals surface area (Å²) in [5.41, 5.74) is -2.37. The van der Waals surface area contributed by atoms with E-state index in [4.69, 9.17) is 0 Å².